The molecule has 3 nitrogen and oxygen atoms in total. The van der Waals surface area contributed by atoms with Gasteiger partial charge in [0.25, 0.3) is 0 Å². The number of rotatable bonds is 2. The Morgan fingerprint density at radius 3 is 2.79 bits per heavy atom. The number of nitrogens with zero attached hydrogens (tertiary/aromatic N) is 2. The first-order valence-electron chi connectivity index (χ1n) is 11.3. The van der Waals surface area contributed by atoms with Crippen molar-refractivity contribution in [3.05, 3.63) is 59.7 Å². The van der Waals surface area contributed by atoms with Gasteiger partial charge in [0, 0.05) is 23.6 Å². The minimum absolute atomic E-state index is 0.291. The largest absolute Gasteiger partial charge is 0.497 e. The zero-order valence-corrected chi connectivity index (χ0v) is 17.5. The Kier molecular flexibility index (Phi) is 3.85. The first-order chi connectivity index (χ1) is 14.2. The highest BCUT2D eigenvalue weighted by molar-refractivity contribution is 5.97. The second kappa shape index (κ2) is 6.35. The molecule has 0 N–H and O–H groups in total. The van der Waals surface area contributed by atoms with Crippen LogP contribution < -0.4 is 9.75 Å². The Balaban J connectivity index is 1.31. The van der Waals surface area contributed by atoms with Crippen LogP contribution in [0.4, 0.5) is 5.69 Å². The van der Waals surface area contributed by atoms with E-state index in [1.54, 1.807) is 12.7 Å². The van der Waals surface area contributed by atoms with Gasteiger partial charge >= 0.3 is 0 Å². The number of benzene rings is 2. The summed E-state index contributed by atoms with van der Waals surface area (Å²) in [6, 6.07) is 17.5. The summed E-state index contributed by atoms with van der Waals surface area (Å²) in [5.74, 6) is 3.98. The highest BCUT2D eigenvalue weighted by atomic mass is 16.5. The number of aryl methyl sites for hydroxylation is 1. The molecule has 0 radical (unpaired) electrons. The second-order valence-corrected chi connectivity index (χ2v) is 9.77. The van der Waals surface area contributed by atoms with Crippen LogP contribution in [0.15, 0.2) is 53.6 Å². The quantitative estimate of drug-likeness (QED) is 0.666. The second-order valence-electron chi connectivity index (χ2n) is 9.77. The third-order valence-electron chi connectivity index (χ3n) is 8.51. The van der Waals surface area contributed by atoms with E-state index in [-0.39, 0.29) is 0 Å². The minimum Gasteiger partial charge on any atom is -0.497 e. The first kappa shape index (κ1) is 17.6. The van der Waals surface area contributed by atoms with Crippen molar-refractivity contribution in [1.82, 2.24) is 0 Å². The molecule has 2 aromatic carbocycles. The molecule has 0 aromatic heterocycles. The fraction of sp³-hybridized carbons (Fsp3) is 0.500. The van der Waals surface area contributed by atoms with Gasteiger partial charge in [-0.15, -0.1) is 0 Å². The molecule has 2 aromatic rings. The maximum atomic E-state index is 5.48. The van der Waals surface area contributed by atoms with E-state index in [9.17, 15) is 0 Å². The number of ether oxygens (including phenoxy) is 1. The van der Waals surface area contributed by atoms with Crippen LogP contribution in [0.5, 0.6) is 5.75 Å². The number of para-hydroxylation sites is 1. The van der Waals surface area contributed by atoms with Gasteiger partial charge in [-0.2, -0.15) is 5.10 Å². The molecule has 3 aliphatic carbocycles. The van der Waals surface area contributed by atoms with Crippen LogP contribution in [0.25, 0.3) is 0 Å². The van der Waals surface area contributed by atoms with Gasteiger partial charge < -0.3 is 4.74 Å². The Labute approximate surface area is 173 Å². The van der Waals surface area contributed by atoms with Crippen molar-refractivity contribution in [2.45, 2.75) is 44.9 Å². The van der Waals surface area contributed by atoms with E-state index in [1.807, 2.05) is 0 Å². The predicted octanol–water partition coefficient (Wildman–Crippen LogP) is 5.65. The number of fused-ring (bicyclic) bond motifs is 7. The van der Waals surface area contributed by atoms with E-state index in [0.29, 0.717) is 11.3 Å². The van der Waals surface area contributed by atoms with E-state index in [0.717, 1.165) is 30.0 Å². The normalized spacial score (nSPS) is 34.7. The van der Waals surface area contributed by atoms with Gasteiger partial charge in [-0.05, 0) is 85.3 Å². The van der Waals surface area contributed by atoms with Gasteiger partial charge in [0.15, 0.2) is 0 Å². The molecule has 5 atom stereocenters. The zero-order valence-electron chi connectivity index (χ0n) is 17.5. The lowest BCUT2D eigenvalue weighted by Crippen LogP contribution is -2.42. The predicted molar refractivity (Wildman–Crippen MR) is 118 cm³/mol. The zero-order chi connectivity index (χ0) is 19.6. The molecule has 6 rings (SSSR count). The number of methoxy groups -OCH3 is 1. The van der Waals surface area contributed by atoms with Crippen molar-refractivity contribution < 1.29 is 4.74 Å². The molecule has 150 valence electrons. The fourth-order valence-corrected chi connectivity index (χ4v) is 7.14. The van der Waals surface area contributed by atoms with Crippen LogP contribution >= 0.6 is 0 Å². The maximum Gasteiger partial charge on any atom is 0.119 e. The fourth-order valence-electron chi connectivity index (χ4n) is 7.14. The third-order valence-corrected chi connectivity index (χ3v) is 8.51. The topological polar surface area (TPSA) is 24.8 Å². The standard InChI is InChI=1S/C26H30N2O/c1-26-13-12-22-21-11-9-20(29-2)14-17(21)8-10-23(22)24(26)15-18-16-28(27-25(18)26)19-6-4-3-5-7-19/h3-7,9,11,14,18,22-24H,8,10,12-13,15-16H2,1-2H3/t18-,22+,23+,24-,26-/m0/s1. The molecule has 0 unspecified atom stereocenters. The lowest BCUT2D eigenvalue weighted by molar-refractivity contribution is 0.0923. The minimum atomic E-state index is 0.291. The van der Waals surface area contributed by atoms with Crippen molar-refractivity contribution in [1.29, 1.82) is 0 Å². The number of hydrogen-bond acceptors (Lipinski definition) is 3. The molecular weight excluding hydrogens is 356 g/mol. The van der Waals surface area contributed by atoms with Crippen molar-refractivity contribution in [2.75, 3.05) is 18.7 Å². The van der Waals surface area contributed by atoms with Gasteiger partial charge in [0.05, 0.1) is 12.8 Å². The molecule has 2 fully saturated rings. The molecule has 2 saturated carbocycles. The van der Waals surface area contributed by atoms with Gasteiger partial charge in [-0.1, -0.05) is 31.2 Å². The molecule has 1 aliphatic heterocycles. The lowest BCUT2D eigenvalue weighted by Gasteiger charge is -2.49. The lowest BCUT2D eigenvalue weighted by atomic mass is 9.55. The molecule has 29 heavy (non-hydrogen) atoms. The van der Waals surface area contributed by atoms with Crippen molar-refractivity contribution in [3.63, 3.8) is 0 Å². The Bertz CT molecular complexity index is 968. The van der Waals surface area contributed by atoms with E-state index < -0.39 is 0 Å². The van der Waals surface area contributed by atoms with Crippen LogP contribution in [-0.2, 0) is 6.42 Å². The Morgan fingerprint density at radius 1 is 1.10 bits per heavy atom. The van der Waals surface area contributed by atoms with Crippen LogP contribution in [-0.4, -0.2) is 19.4 Å². The summed E-state index contributed by atoms with van der Waals surface area (Å²) in [5, 5.41) is 7.47. The van der Waals surface area contributed by atoms with Gasteiger partial charge in [0.1, 0.15) is 5.75 Å². The maximum absolute atomic E-state index is 5.48. The molecule has 3 heteroatoms. The SMILES string of the molecule is COc1ccc2c(c1)CC[C@@H]1[C@@H]2CC[C@]2(C)C3=NN(c4ccccc4)C[C@@H]3C[C@@H]12. The molecule has 0 bridgehead atoms. The highest BCUT2D eigenvalue weighted by Gasteiger charge is 2.58. The summed E-state index contributed by atoms with van der Waals surface area (Å²) >= 11 is 0. The smallest absolute Gasteiger partial charge is 0.119 e. The highest BCUT2D eigenvalue weighted by Crippen LogP contribution is 2.62. The molecule has 4 aliphatic rings. The molecular formula is C26H30N2O. The summed E-state index contributed by atoms with van der Waals surface area (Å²) in [4.78, 5) is 0. The van der Waals surface area contributed by atoms with Crippen molar-refractivity contribution >= 4 is 11.4 Å². The number of anilines is 1. The monoisotopic (exact) mass is 386 g/mol. The van der Waals surface area contributed by atoms with Crippen LogP contribution in [0.3, 0.4) is 0 Å². The van der Waals surface area contributed by atoms with E-state index >= 15 is 0 Å². The van der Waals surface area contributed by atoms with E-state index in [2.05, 4.69) is 60.5 Å². The Morgan fingerprint density at radius 2 is 1.97 bits per heavy atom. The molecule has 0 spiro atoms. The summed E-state index contributed by atoms with van der Waals surface area (Å²) in [5.41, 5.74) is 6.17. The summed E-state index contributed by atoms with van der Waals surface area (Å²) < 4.78 is 5.48. The van der Waals surface area contributed by atoms with Crippen LogP contribution in [0.2, 0.25) is 0 Å². The van der Waals surface area contributed by atoms with Crippen LogP contribution in [0, 0.1) is 23.2 Å². The van der Waals surface area contributed by atoms with Gasteiger partial charge in [0.2, 0.25) is 0 Å². The van der Waals surface area contributed by atoms with Crippen LogP contribution in [0.1, 0.15) is 49.7 Å². The molecule has 0 saturated heterocycles. The molecule has 0 amide bonds. The van der Waals surface area contributed by atoms with E-state index in [1.165, 1.54) is 49.1 Å². The van der Waals surface area contributed by atoms with E-state index in [4.69, 9.17) is 9.84 Å². The summed E-state index contributed by atoms with van der Waals surface area (Å²) in [6.07, 6.45) is 6.43. The average molecular weight is 387 g/mol. The van der Waals surface area contributed by atoms with Gasteiger partial charge in [-0.25, -0.2) is 0 Å². The summed E-state index contributed by atoms with van der Waals surface area (Å²) in [7, 11) is 1.77. The van der Waals surface area contributed by atoms with Gasteiger partial charge in [-0.3, -0.25) is 5.01 Å². The Hall–Kier alpha value is -2.29. The number of hydrogen-bond donors (Lipinski definition) is 0. The first-order valence-corrected chi connectivity index (χ1v) is 11.3. The molecule has 1 heterocycles. The summed E-state index contributed by atoms with van der Waals surface area (Å²) in [6.45, 7) is 3.60. The number of hydrazone groups is 1. The third kappa shape index (κ3) is 2.52. The van der Waals surface area contributed by atoms with Crippen molar-refractivity contribution in [2.24, 2.45) is 28.3 Å². The van der Waals surface area contributed by atoms with Crippen molar-refractivity contribution in [3.8, 4) is 5.75 Å². The average Bonchev–Trinajstić information content (AvgIpc) is 3.31.